The van der Waals surface area contributed by atoms with Gasteiger partial charge in [-0.25, -0.2) is 14.8 Å². The fraction of sp³-hybridized carbons (Fsp3) is 0.462. The van der Waals surface area contributed by atoms with Crippen LogP contribution >= 0.6 is 11.3 Å². The van der Waals surface area contributed by atoms with Gasteiger partial charge in [0.05, 0.1) is 12.5 Å². The summed E-state index contributed by atoms with van der Waals surface area (Å²) < 4.78 is 9.80. The van der Waals surface area contributed by atoms with E-state index < -0.39 is 0 Å². The van der Waals surface area contributed by atoms with Gasteiger partial charge in [-0.05, 0) is 18.9 Å². The summed E-state index contributed by atoms with van der Waals surface area (Å²) in [6.07, 6.45) is 2.38. The molecule has 20 heavy (non-hydrogen) atoms. The number of anilines is 1. The van der Waals surface area contributed by atoms with E-state index in [-0.39, 0.29) is 5.97 Å². The molecule has 108 valence electrons. The monoisotopic (exact) mass is 295 g/mol. The van der Waals surface area contributed by atoms with Crippen LogP contribution in [-0.4, -0.2) is 43.3 Å². The van der Waals surface area contributed by atoms with Crippen LogP contribution in [0.4, 0.5) is 5.82 Å². The fourth-order valence-corrected chi connectivity index (χ4v) is 2.98. The highest BCUT2D eigenvalue weighted by Crippen LogP contribution is 2.33. The van der Waals surface area contributed by atoms with Gasteiger partial charge in [-0.2, -0.15) is 0 Å². The number of fused-ring (bicyclic) bond motifs is 1. The van der Waals surface area contributed by atoms with Gasteiger partial charge in [-0.3, -0.25) is 0 Å². The lowest BCUT2D eigenvalue weighted by molar-refractivity contribution is 0.0605. The average Bonchev–Trinajstić information content (AvgIpc) is 2.81. The van der Waals surface area contributed by atoms with Crippen LogP contribution in [0.3, 0.4) is 0 Å². The van der Waals surface area contributed by atoms with Crippen molar-refractivity contribution in [2.75, 3.05) is 32.7 Å². The van der Waals surface area contributed by atoms with Gasteiger partial charge in [0.15, 0.2) is 0 Å². The SMILES string of the molecule is COCCCNc1ncnc2sc(C(=O)OC)c(C)c12. The molecule has 0 bridgehead atoms. The molecule has 6 nitrogen and oxygen atoms in total. The topological polar surface area (TPSA) is 73.3 Å². The molecule has 2 aromatic rings. The first-order valence-electron chi connectivity index (χ1n) is 6.24. The second kappa shape index (κ2) is 6.62. The van der Waals surface area contributed by atoms with E-state index >= 15 is 0 Å². The van der Waals surface area contributed by atoms with Gasteiger partial charge in [-0.1, -0.05) is 0 Å². The van der Waals surface area contributed by atoms with Crippen molar-refractivity contribution in [2.45, 2.75) is 13.3 Å². The molecule has 0 aromatic carbocycles. The highest BCUT2D eigenvalue weighted by molar-refractivity contribution is 7.20. The third kappa shape index (κ3) is 2.88. The molecule has 2 heterocycles. The van der Waals surface area contributed by atoms with E-state index in [4.69, 9.17) is 9.47 Å². The Balaban J connectivity index is 2.31. The van der Waals surface area contributed by atoms with Crippen LogP contribution in [0.15, 0.2) is 6.33 Å². The summed E-state index contributed by atoms with van der Waals surface area (Å²) in [7, 11) is 3.05. The number of esters is 1. The molecule has 7 heteroatoms. The largest absolute Gasteiger partial charge is 0.465 e. The van der Waals surface area contributed by atoms with Gasteiger partial charge >= 0.3 is 5.97 Å². The van der Waals surface area contributed by atoms with Crippen LogP contribution < -0.4 is 5.32 Å². The molecule has 0 spiro atoms. The van der Waals surface area contributed by atoms with E-state index in [1.54, 1.807) is 7.11 Å². The molecule has 1 N–H and O–H groups in total. The number of thiophene rings is 1. The van der Waals surface area contributed by atoms with Gasteiger partial charge in [0.1, 0.15) is 21.9 Å². The summed E-state index contributed by atoms with van der Waals surface area (Å²) in [4.78, 5) is 21.5. The molecule has 0 aliphatic carbocycles. The first kappa shape index (κ1) is 14.7. The zero-order chi connectivity index (χ0) is 14.5. The highest BCUT2D eigenvalue weighted by Gasteiger charge is 2.19. The quantitative estimate of drug-likeness (QED) is 0.651. The Bertz CT molecular complexity index is 612. The molecule has 0 saturated carbocycles. The number of methoxy groups -OCH3 is 2. The Kier molecular flexibility index (Phi) is 4.86. The van der Waals surface area contributed by atoms with Crippen molar-refractivity contribution in [3.8, 4) is 0 Å². The zero-order valence-electron chi connectivity index (χ0n) is 11.7. The van der Waals surface area contributed by atoms with Gasteiger partial charge in [0, 0.05) is 20.3 Å². The summed E-state index contributed by atoms with van der Waals surface area (Å²) in [5.41, 5.74) is 0.853. The van der Waals surface area contributed by atoms with E-state index in [9.17, 15) is 4.79 Å². The molecule has 0 unspecified atom stereocenters. The number of aromatic nitrogens is 2. The Morgan fingerprint density at radius 1 is 1.40 bits per heavy atom. The molecule has 0 atom stereocenters. The van der Waals surface area contributed by atoms with Crippen molar-refractivity contribution >= 4 is 33.3 Å². The van der Waals surface area contributed by atoms with E-state index in [0.29, 0.717) is 11.5 Å². The predicted octanol–water partition coefficient (Wildman–Crippen LogP) is 2.23. The molecule has 0 aliphatic heterocycles. The first-order chi connectivity index (χ1) is 9.69. The molecule has 2 aromatic heterocycles. The lowest BCUT2D eigenvalue weighted by Gasteiger charge is -2.06. The second-order valence-corrected chi connectivity index (χ2v) is 5.22. The number of ether oxygens (including phenoxy) is 2. The van der Waals surface area contributed by atoms with E-state index in [1.165, 1.54) is 24.8 Å². The number of aryl methyl sites for hydroxylation is 1. The van der Waals surface area contributed by atoms with E-state index in [2.05, 4.69) is 15.3 Å². The highest BCUT2D eigenvalue weighted by atomic mass is 32.1. The molecule has 0 saturated heterocycles. The van der Waals surface area contributed by atoms with Crippen molar-refractivity contribution in [3.63, 3.8) is 0 Å². The van der Waals surface area contributed by atoms with E-state index in [1.807, 2.05) is 6.92 Å². The summed E-state index contributed by atoms with van der Waals surface area (Å²) in [5, 5.41) is 4.14. The summed E-state index contributed by atoms with van der Waals surface area (Å²) >= 11 is 1.32. The minimum absolute atomic E-state index is 0.337. The predicted molar refractivity (Wildman–Crippen MR) is 78.5 cm³/mol. The van der Waals surface area contributed by atoms with Crippen molar-refractivity contribution in [1.29, 1.82) is 0 Å². The Hall–Kier alpha value is -1.73. The number of carbonyl (C=O) groups excluding carboxylic acids is 1. The van der Waals surface area contributed by atoms with Crippen LogP contribution in [0, 0.1) is 6.92 Å². The van der Waals surface area contributed by atoms with Crippen LogP contribution in [0.1, 0.15) is 21.7 Å². The number of nitrogens with zero attached hydrogens (tertiary/aromatic N) is 2. The summed E-state index contributed by atoms with van der Waals surface area (Å²) in [6.45, 7) is 3.33. The number of hydrogen-bond donors (Lipinski definition) is 1. The first-order valence-corrected chi connectivity index (χ1v) is 7.06. The number of rotatable bonds is 6. The molecular formula is C13H17N3O3S. The van der Waals surface area contributed by atoms with Gasteiger partial charge in [0.25, 0.3) is 0 Å². The van der Waals surface area contributed by atoms with Crippen molar-refractivity contribution in [2.24, 2.45) is 0 Å². The maximum absolute atomic E-state index is 11.7. The summed E-state index contributed by atoms with van der Waals surface area (Å²) in [6, 6.07) is 0. The second-order valence-electron chi connectivity index (χ2n) is 4.22. The fourth-order valence-electron chi connectivity index (χ4n) is 1.92. The zero-order valence-corrected chi connectivity index (χ0v) is 12.5. The van der Waals surface area contributed by atoms with Gasteiger partial charge < -0.3 is 14.8 Å². The van der Waals surface area contributed by atoms with Gasteiger partial charge in [0.2, 0.25) is 0 Å². The Labute approximate surface area is 121 Å². The molecule has 0 fully saturated rings. The Morgan fingerprint density at radius 3 is 2.90 bits per heavy atom. The lowest BCUT2D eigenvalue weighted by atomic mass is 10.2. The number of hydrogen-bond acceptors (Lipinski definition) is 7. The maximum Gasteiger partial charge on any atom is 0.348 e. The molecule has 0 amide bonds. The standard InChI is InChI=1S/C13H17N3O3S/c1-8-9-11(14-5-4-6-18-2)15-7-16-12(9)20-10(8)13(17)19-3/h7H,4-6H2,1-3H3,(H,14,15,16). The molecular weight excluding hydrogens is 278 g/mol. The molecule has 0 radical (unpaired) electrons. The average molecular weight is 295 g/mol. The minimum atomic E-state index is -0.337. The third-order valence-electron chi connectivity index (χ3n) is 2.92. The number of carbonyl (C=O) groups is 1. The van der Waals surface area contributed by atoms with Crippen LogP contribution in [0.25, 0.3) is 10.2 Å². The normalized spacial score (nSPS) is 10.8. The van der Waals surface area contributed by atoms with Crippen LogP contribution in [0.2, 0.25) is 0 Å². The molecule has 2 rings (SSSR count). The van der Waals surface area contributed by atoms with Crippen LogP contribution in [-0.2, 0) is 9.47 Å². The van der Waals surface area contributed by atoms with Gasteiger partial charge in [-0.15, -0.1) is 11.3 Å². The van der Waals surface area contributed by atoms with Crippen molar-refractivity contribution in [3.05, 3.63) is 16.8 Å². The van der Waals surface area contributed by atoms with E-state index in [0.717, 1.165) is 34.6 Å². The smallest absolute Gasteiger partial charge is 0.348 e. The third-order valence-corrected chi connectivity index (χ3v) is 4.10. The summed E-state index contributed by atoms with van der Waals surface area (Å²) in [5.74, 6) is 0.408. The maximum atomic E-state index is 11.7. The number of nitrogens with one attached hydrogen (secondary N) is 1. The molecule has 0 aliphatic rings. The Morgan fingerprint density at radius 2 is 2.20 bits per heavy atom. The minimum Gasteiger partial charge on any atom is -0.465 e. The van der Waals surface area contributed by atoms with Crippen molar-refractivity contribution in [1.82, 2.24) is 9.97 Å². The van der Waals surface area contributed by atoms with Crippen molar-refractivity contribution < 1.29 is 14.3 Å². The lowest BCUT2D eigenvalue weighted by Crippen LogP contribution is -2.07. The van der Waals surface area contributed by atoms with Crippen LogP contribution in [0.5, 0.6) is 0 Å².